The zero-order valence-corrected chi connectivity index (χ0v) is 25.7. The molecule has 6 aromatic rings. The molecule has 0 N–H and O–H groups in total. The second-order valence-electron chi connectivity index (χ2n) is 11.7. The molecule has 6 aromatic carbocycles. The highest BCUT2D eigenvalue weighted by Gasteiger charge is 2.60. The first-order valence-corrected chi connectivity index (χ1v) is 15.7. The largest absolute Gasteiger partial charge is 0.243 e. The summed E-state index contributed by atoms with van der Waals surface area (Å²) in [6.45, 7) is 0. The summed E-state index contributed by atoms with van der Waals surface area (Å²) in [5.74, 6) is -0.786. The Bertz CT molecular complexity index is 1940. The SMILES string of the molecule is Fc1ccc(C2(C3(c4ccc(F)cc4)N=C(c4ccccc4)C(c4ccccc4)=N3)N=C(c3ccccc3)C(c3ccccc3)=N2)cc1. The third-order valence-electron chi connectivity index (χ3n) is 8.71. The summed E-state index contributed by atoms with van der Waals surface area (Å²) in [5.41, 5.74) is 4.05. The molecule has 0 aliphatic carbocycles. The molecule has 6 heteroatoms. The van der Waals surface area contributed by atoms with Crippen LogP contribution in [0.3, 0.4) is 0 Å². The molecular formula is C42H28F2N4. The molecule has 8 rings (SSSR count). The molecule has 0 unspecified atom stereocenters. The molecular weight excluding hydrogens is 598 g/mol. The van der Waals surface area contributed by atoms with Gasteiger partial charge in [0.1, 0.15) is 11.6 Å². The molecule has 0 fully saturated rings. The molecule has 0 aromatic heterocycles. The zero-order chi connectivity index (χ0) is 32.6. The minimum atomic E-state index is -1.56. The van der Waals surface area contributed by atoms with Gasteiger partial charge < -0.3 is 0 Å². The Balaban J connectivity index is 1.53. The highest BCUT2D eigenvalue weighted by atomic mass is 19.1. The van der Waals surface area contributed by atoms with Crippen LogP contribution in [0, 0.1) is 11.6 Å². The van der Waals surface area contributed by atoms with Crippen molar-refractivity contribution in [2.75, 3.05) is 0 Å². The Labute approximate surface area is 277 Å². The molecule has 2 heterocycles. The second kappa shape index (κ2) is 11.9. The number of hydrogen-bond acceptors (Lipinski definition) is 4. The number of hydrogen-bond donors (Lipinski definition) is 0. The van der Waals surface area contributed by atoms with Crippen LogP contribution in [0.1, 0.15) is 33.4 Å². The third kappa shape index (κ3) is 4.90. The molecule has 4 nitrogen and oxygen atoms in total. The normalized spacial score (nSPS) is 16.1. The Morgan fingerprint density at radius 1 is 0.292 bits per heavy atom. The summed E-state index contributed by atoms with van der Waals surface area (Å²) in [6, 6.07) is 51.8. The smallest absolute Gasteiger partial charge is 0.226 e. The minimum Gasteiger partial charge on any atom is -0.243 e. The molecule has 0 spiro atoms. The number of benzene rings is 6. The topological polar surface area (TPSA) is 49.4 Å². The maximum atomic E-state index is 14.6. The van der Waals surface area contributed by atoms with E-state index >= 15 is 0 Å². The number of rotatable bonds is 7. The van der Waals surface area contributed by atoms with Gasteiger partial charge in [-0.3, -0.25) is 0 Å². The fourth-order valence-electron chi connectivity index (χ4n) is 6.44. The number of aliphatic imine (C=N–C) groups is 4. The van der Waals surface area contributed by atoms with Gasteiger partial charge in [0.2, 0.25) is 11.3 Å². The molecule has 0 saturated carbocycles. The Kier molecular flexibility index (Phi) is 7.26. The first-order chi connectivity index (χ1) is 23.6. The summed E-state index contributed by atoms with van der Waals surface area (Å²) < 4.78 is 29.2. The van der Waals surface area contributed by atoms with Crippen LogP contribution in [0.15, 0.2) is 190 Å². The molecule has 0 radical (unpaired) electrons. The van der Waals surface area contributed by atoms with Crippen molar-refractivity contribution in [2.24, 2.45) is 20.0 Å². The molecule has 48 heavy (non-hydrogen) atoms. The van der Waals surface area contributed by atoms with Gasteiger partial charge in [-0.25, -0.2) is 28.8 Å². The van der Waals surface area contributed by atoms with Crippen molar-refractivity contribution in [3.8, 4) is 0 Å². The van der Waals surface area contributed by atoms with Gasteiger partial charge in [-0.15, -0.1) is 0 Å². The van der Waals surface area contributed by atoms with E-state index in [1.165, 1.54) is 24.3 Å². The second-order valence-corrected chi connectivity index (χ2v) is 11.7. The fraction of sp³-hybridized carbons (Fsp3) is 0.0476. The van der Waals surface area contributed by atoms with Gasteiger partial charge in [0.15, 0.2) is 0 Å². The molecule has 230 valence electrons. The molecule has 2 aliphatic heterocycles. The Morgan fingerprint density at radius 2 is 0.521 bits per heavy atom. The van der Waals surface area contributed by atoms with E-state index in [1.54, 1.807) is 24.3 Å². The van der Waals surface area contributed by atoms with Gasteiger partial charge in [0.25, 0.3) is 0 Å². The molecule has 0 bridgehead atoms. The van der Waals surface area contributed by atoms with Crippen molar-refractivity contribution >= 4 is 22.8 Å². The van der Waals surface area contributed by atoms with Crippen LogP contribution in [0.25, 0.3) is 0 Å². The minimum absolute atomic E-state index is 0.393. The maximum Gasteiger partial charge on any atom is 0.226 e. The first-order valence-electron chi connectivity index (χ1n) is 15.7. The highest BCUT2D eigenvalue weighted by molar-refractivity contribution is 6.55. The fourth-order valence-corrected chi connectivity index (χ4v) is 6.44. The summed E-state index contributed by atoms with van der Waals surface area (Å²) in [6.07, 6.45) is 0. The van der Waals surface area contributed by atoms with E-state index in [0.717, 1.165) is 22.3 Å². The molecule has 2 aliphatic rings. The van der Waals surface area contributed by atoms with Crippen molar-refractivity contribution in [3.63, 3.8) is 0 Å². The van der Waals surface area contributed by atoms with E-state index in [9.17, 15) is 8.78 Å². The van der Waals surface area contributed by atoms with E-state index in [1.807, 2.05) is 121 Å². The van der Waals surface area contributed by atoms with Gasteiger partial charge >= 0.3 is 0 Å². The van der Waals surface area contributed by atoms with Crippen LogP contribution in [-0.4, -0.2) is 22.8 Å². The summed E-state index contributed by atoms with van der Waals surface area (Å²) in [5, 5.41) is 0. The number of nitrogens with zero attached hydrogens (tertiary/aromatic N) is 4. The first kappa shape index (κ1) is 29.3. The van der Waals surface area contributed by atoms with Gasteiger partial charge in [0, 0.05) is 33.4 Å². The predicted molar refractivity (Wildman–Crippen MR) is 188 cm³/mol. The maximum absolute atomic E-state index is 14.6. The third-order valence-corrected chi connectivity index (χ3v) is 8.71. The standard InChI is InChI=1S/C42H28F2N4/c43-35-25-21-33(22-26-35)41(45-37(29-13-5-1-6-14-29)38(46-41)30-15-7-2-8-16-30)42(34-23-27-36(44)28-24-34)47-39(31-17-9-3-10-18-31)40(48-42)32-19-11-4-12-20-32/h1-28H. The monoisotopic (exact) mass is 626 g/mol. The molecule has 0 atom stereocenters. The summed E-state index contributed by atoms with van der Waals surface area (Å²) in [7, 11) is 0. The van der Waals surface area contributed by atoms with Gasteiger partial charge in [-0.05, 0) is 24.3 Å². The van der Waals surface area contributed by atoms with Crippen molar-refractivity contribution in [2.45, 2.75) is 11.3 Å². The van der Waals surface area contributed by atoms with Crippen LogP contribution in [0.2, 0.25) is 0 Å². The van der Waals surface area contributed by atoms with Crippen LogP contribution in [0.5, 0.6) is 0 Å². The predicted octanol–water partition coefficient (Wildman–Crippen LogP) is 8.96. The van der Waals surface area contributed by atoms with Gasteiger partial charge in [0.05, 0.1) is 22.8 Å². The average Bonchev–Trinajstić information content (AvgIpc) is 3.77. The van der Waals surface area contributed by atoms with E-state index in [-0.39, 0.29) is 0 Å². The lowest BCUT2D eigenvalue weighted by Gasteiger charge is -2.38. The summed E-state index contributed by atoms with van der Waals surface area (Å²) >= 11 is 0. The lowest BCUT2D eigenvalue weighted by Crippen LogP contribution is -2.43. The molecule has 0 saturated heterocycles. The van der Waals surface area contributed by atoms with E-state index < -0.39 is 23.0 Å². The van der Waals surface area contributed by atoms with Crippen LogP contribution < -0.4 is 0 Å². The zero-order valence-electron chi connectivity index (χ0n) is 25.7. The van der Waals surface area contributed by atoms with Crippen molar-refractivity contribution in [1.82, 2.24) is 0 Å². The van der Waals surface area contributed by atoms with E-state index in [0.29, 0.717) is 34.0 Å². The van der Waals surface area contributed by atoms with Crippen molar-refractivity contribution < 1.29 is 8.78 Å². The van der Waals surface area contributed by atoms with E-state index in [4.69, 9.17) is 20.0 Å². The highest BCUT2D eigenvalue weighted by Crippen LogP contribution is 2.54. The summed E-state index contributed by atoms with van der Waals surface area (Å²) in [4.78, 5) is 22.2. The lowest BCUT2D eigenvalue weighted by atomic mass is 9.82. The van der Waals surface area contributed by atoms with Gasteiger partial charge in [-0.1, -0.05) is 146 Å². The molecule has 0 amide bonds. The Hall–Kier alpha value is -6.14. The quantitative estimate of drug-likeness (QED) is 0.170. The van der Waals surface area contributed by atoms with Crippen molar-refractivity contribution in [1.29, 1.82) is 0 Å². The van der Waals surface area contributed by atoms with Crippen LogP contribution in [0.4, 0.5) is 8.78 Å². The van der Waals surface area contributed by atoms with E-state index in [2.05, 4.69) is 0 Å². The van der Waals surface area contributed by atoms with Gasteiger partial charge in [-0.2, -0.15) is 0 Å². The van der Waals surface area contributed by atoms with Crippen LogP contribution >= 0.6 is 0 Å². The number of halogens is 2. The van der Waals surface area contributed by atoms with Crippen molar-refractivity contribution in [3.05, 3.63) is 215 Å². The lowest BCUT2D eigenvalue weighted by molar-refractivity contribution is 0.256. The average molecular weight is 627 g/mol. The Morgan fingerprint density at radius 3 is 0.750 bits per heavy atom. The van der Waals surface area contributed by atoms with Crippen LogP contribution in [-0.2, 0) is 11.3 Å².